The average molecular weight is 401 g/mol. The van der Waals surface area contributed by atoms with Crippen molar-refractivity contribution in [3.05, 3.63) is 0 Å². The summed E-state index contributed by atoms with van der Waals surface area (Å²) >= 11 is 0. The van der Waals surface area contributed by atoms with E-state index in [2.05, 4.69) is 41.5 Å². The maximum Gasteiger partial charge on any atom is 0.0618 e. The highest BCUT2D eigenvalue weighted by Gasteiger charge is 2.65. The van der Waals surface area contributed by atoms with E-state index in [0.717, 1.165) is 47.3 Å². The van der Waals surface area contributed by atoms with Crippen LogP contribution >= 0.6 is 0 Å². The van der Waals surface area contributed by atoms with Crippen LogP contribution in [0.3, 0.4) is 0 Å². The molecule has 166 valence electrons. The summed E-state index contributed by atoms with van der Waals surface area (Å²) in [5, 5.41) is 0. The molecule has 1 saturated heterocycles. The summed E-state index contributed by atoms with van der Waals surface area (Å²) in [6, 6.07) is 0. The van der Waals surface area contributed by atoms with Crippen molar-refractivity contribution < 1.29 is 4.74 Å². The van der Waals surface area contributed by atoms with Gasteiger partial charge in [0, 0.05) is 0 Å². The van der Waals surface area contributed by atoms with E-state index in [1.165, 1.54) is 64.2 Å². The first-order valence-corrected chi connectivity index (χ1v) is 13.4. The van der Waals surface area contributed by atoms with Crippen LogP contribution < -0.4 is 0 Å². The highest BCUT2D eigenvalue weighted by molar-refractivity contribution is 5.13. The highest BCUT2D eigenvalue weighted by Crippen LogP contribution is 2.70. The van der Waals surface area contributed by atoms with Crippen LogP contribution in [0.5, 0.6) is 0 Å². The molecule has 5 aliphatic rings. The Bertz CT molecular complexity index is 611. The van der Waals surface area contributed by atoms with Crippen LogP contribution in [-0.2, 0) is 4.74 Å². The van der Waals surface area contributed by atoms with Crippen LogP contribution in [0.25, 0.3) is 0 Å². The van der Waals surface area contributed by atoms with E-state index in [9.17, 15) is 0 Å². The number of hydrogen-bond acceptors (Lipinski definition) is 1. The van der Waals surface area contributed by atoms with Crippen LogP contribution in [-0.4, -0.2) is 12.2 Å². The van der Waals surface area contributed by atoms with E-state index in [4.69, 9.17) is 4.74 Å². The Morgan fingerprint density at radius 3 is 2.41 bits per heavy atom. The second-order valence-corrected chi connectivity index (χ2v) is 13.4. The summed E-state index contributed by atoms with van der Waals surface area (Å²) in [6.45, 7) is 15.2. The quantitative estimate of drug-likeness (QED) is 0.471. The van der Waals surface area contributed by atoms with Crippen LogP contribution in [0.2, 0.25) is 0 Å². The first kappa shape index (κ1) is 20.8. The topological polar surface area (TPSA) is 9.23 Å². The van der Waals surface area contributed by atoms with E-state index in [-0.39, 0.29) is 0 Å². The molecule has 0 N–H and O–H groups in total. The summed E-state index contributed by atoms with van der Waals surface area (Å²) < 4.78 is 6.83. The number of rotatable bonds is 3. The smallest absolute Gasteiger partial charge is 0.0618 e. The third-order valence-corrected chi connectivity index (χ3v) is 11.5. The minimum atomic E-state index is 0.538. The molecule has 11 atom stereocenters. The molecule has 0 bridgehead atoms. The first-order chi connectivity index (χ1) is 13.7. The Labute approximate surface area is 181 Å². The fourth-order valence-corrected chi connectivity index (χ4v) is 9.99. The van der Waals surface area contributed by atoms with Gasteiger partial charge < -0.3 is 4.74 Å². The highest BCUT2D eigenvalue weighted by atomic mass is 16.5. The number of hydrogen-bond donors (Lipinski definition) is 0. The monoisotopic (exact) mass is 400 g/mol. The summed E-state index contributed by atoms with van der Waals surface area (Å²) in [7, 11) is 0. The van der Waals surface area contributed by atoms with Crippen molar-refractivity contribution in [3.63, 3.8) is 0 Å². The Balaban J connectivity index is 1.35. The molecule has 0 amide bonds. The van der Waals surface area contributed by atoms with Crippen molar-refractivity contribution >= 4 is 0 Å². The molecule has 0 aromatic heterocycles. The molecule has 4 saturated carbocycles. The minimum absolute atomic E-state index is 0.538. The molecular weight excluding hydrogens is 352 g/mol. The van der Waals surface area contributed by atoms with Crippen LogP contribution in [0.15, 0.2) is 0 Å². The van der Waals surface area contributed by atoms with Crippen molar-refractivity contribution in [2.24, 2.45) is 58.2 Å². The van der Waals surface area contributed by atoms with Gasteiger partial charge in [0.05, 0.1) is 12.2 Å². The second-order valence-electron chi connectivity index (χ2n) is 13.4. The maximum atomic E-state index is 6.83. The fourth-order valence-electron chi connectivity index (χ4n) is 9.99. The summed E-state index contributed by atoms with van der Waals surface area (Å²) in [5.74, 6) is 7.36. The van der Waals surface area contributed by atoms with Crippen LogP contribution in [0.4, 0.5) is 0 Å². The molecule has 4 aliphatic carbocycles. The zero-order valence-electron chi connectivity index (χ0n) is 20.3. The lowest BCUT2D eigenvalue weighted by Crippen LogP contribution is -2.53. The van der Waals surface area contributed by atoms with Gasteiger partial charge in [-0.1, -0.05) is 48.0 Å². The van der Waals surface area contributed by atoms with Crippen molar-refractivity contribution in [2.45, 2.75) is 118 Å². The van der Waals surface area contributed by atoms with Crippen LogP contribution in [0.1, 0.15) is 106 Å². The Morgan fingerprint density at radius 1 is 0.897 bits per heavy atom. The first-order valence-electron chi connectivity index (χ1n) is 13.4. The summed E-state index contributed by atoms with van der Waals surface area (Å²) in [4.78, 5) is 0. The zero-order valence-corrected chi connectivity index (χ0v) is 20.3. The largest absolute Gasteiger partial charge is 0.374 e. The Morgan fingerprint density at radius 2 is 1.66 bits per heavy atom. The third kappa shape index (κ3) is 3.10. The van der Waals surface area contributed by atoms with Crippen LogP contribution in [0, 0.1) is 58.2 Å². The zero-order chi connectivity index (χ0) is 20.6. The SMILES string of the molecule is CC(C)CC[C@H]1O[C@H]2C[C@H]3[C@@H]4CCC5CC(C)CC[C@]5(C)[C@H]4CC[C@]3(C)[C@H]2[C@@H]1C. The maximum absolute atomic E-state index is 6.83. The van der Waals surface area contributed by atoms with Crippen molar-refractivity contribution in [1.82, 2.24) is 0 Å². The van der Waals surface area contributed by atoms with E-state index in [1.54, 1.807) is 0 Å². The molecule has 0 spiro atoms. The molecule has 0 aromatic rings. The molecule has 1 heterocycles. The molecule has 0 radical (unpaired) electrons. The normalized spacial score (nSPS) is 56.6. The second kappa shape index (κ2) is 7.25. The standard InChI is InChI=1S/C28H48O/c1-17(2)7-10-24-19(4)26-25(29-24)16-23-21-9-8-20-15-18(3)11-13-27(20,5)22(21)12-14-28(23,26)6/h17-26H,7-16H2,1-6H3/t18?,19-,20?,21-,22+,23+,24-,25+,26+,27+,28+/m1/s1. The molecule has 1 nitrogen and oxygen atoms in total. The number of fused-ring (bicyclic) bond motifs is 7. The molecule has 2 unspecified atom stereocenters. The van der Waals surface area contributed by atoms with Crippen molar-refractivity contribution in [2.75, 3.05) is 0 Å². The van der Waals surface area contributed by atoms with Crippen molar-refractivity contribution in [3.8, 4) is 0 Å². The molecule has 0 aromatic carbocycles. The fraction of sp³-hybridized carbons (Fsp3) is 1.00. The third-order valence-electron chi connectivity index (χ3n) is 11.5. The minimum Gasteiger partial charge on any atom is -0.374 e. The lowest BCUT2D eigenvalue weighted by Gasteiger charge is -2.61. The predicted octanol–water partition coefficient (Wildman–Crippen LogP) is 7.73. The lowest BCUT2D eigenvalue weighted by molar-refractivity contribution is -0.121. The average Bonchev–Trinajstić information content (AvgIpc) is 3.14. The molecule has 5 rings (SSSR count). The van der Waals surface area contributed by atoms with Gasteiger partial charge in [0.2, 0.25) is 0 Å². The van der Waals surface area contributed by atoms with Gasteiger partial charge in [0.25, 0.3) is 0 Å². The molecule has 1 heteroatoms. The van der Waals surface area contributed by atoms with Gasteiger partial charge in [-0.15, -0.1) is 0 Å². The summed E-state index contributed by atoms with van der Waals surface area (Å²) in [6.07, 6.45) is 15.7. The van der Waals surface area contributed by atoms with Gasteiger partial charge in [0.1, 0.15) is 0 Å². The predicted molar refractivity (Wildman–Crippen MR) is 122 cm³/mol. The lowest BCUT2D eigenvalue weighted by atomic mass is 9.44. The van der Waals surface area contributed by atoms with Gasteiger partial charge in [-0.25, -0.2) is 0 Å². The Kier molecular flexibility index (Phi) is 5.21. The van der Waals surface area contributed by atoms with E-state index in [1.807, 2.05) is 0 Å². The summed E-state index contributed by atoms with van der Waals surface area (Å²) in [5.41, 5.74) is 1.21. The van der Waals surface area contributed by atoms with Crippen molar-refractivity contribution in [1.29, 1.82) is 0 Å². The molecular formula is C28H48O. The number of ether oxygens (including phenoxy) is 1. The molecule has 29 heavy (non-hydrogen) atoms. The van der Waals surface area contributed by atoms with E-state index >= 15 is 0 Å². The van der Waals surface area contributed by atoms with Gasteiger partial charge in [-0.05, 0) is 116 Å². The van der Waals surface area contributed by atoms with E-state index in [0.29, 0.717) is 23.0 Å². The molecule has 1 aliphatic heterocycles. The van der Waals surface area contributed by atoms with Gasteiger partial charge in [0.15, 0.2) is 0 Å². The molecule has 5 fully saturated rings. The Hall–Kier alpha value is -0.0400. The van der Waals surface area contributed by atoms with E-state index < -0.39 is 0 Å². The van der Waals surface area contributed by atoms with Gasteiger partial charge >= 0.3 is 0 Å². The van der Waals surface area contributed by atoms with Gasteiger partial charge in [-0.2, -0.15) is 0 Å². The van der Waals surface area contributed by atoms with Gasteiger partial charge in [-0.3, -0.25) is 0 Å².